The van der Waals surface area contributed by atoms with Crippen molar-refractivity contribution in [1.82, 2.24) is 10.1 Å². The smallest absolute Gasteiger partial charge is 0.104 e. The Labute approximate surface area is 212 Å². The van der Waals surface area contributed by atoms with Crippen LogP contribution in [-0.4, -0.2) is 83.1 Å². The Morgan fingerprint density at radius 1 is 0.639 bits per heavy atom. The van der Waals surface area contributed by atoms with Crippen molar-refractivity contribution in [2.24, 2.45) is 11.8 Å². The topological polar surface area (TPSA) is 83.9 Å². The molecule has 0 bridgehead atoms. The van der Waals surface area contributed by atoms with Crippen molar-refractivity contribution in [2.75, 3.05) is 26.4 Å². The molecule has 6 rings (SSSR count). The highest BCUT2D eigenvalue weighted by atomic mass is 16.7. The molecule has 0 radical (unpaired) electrons. The minimum Gasteiger partial charge on any atom is -0.387 e. The Morgan fingerprint density at radius 2 is 1.03 bits per heavy atom. The molecule has 0 unspecified atom stereocenters. The van der Waals surface area contributed by atoms with Crippen LogP contribution in [0.1, 0.15) is 37.2 Å². The van der Waals surface area contributed by atoms with E-state index in [1.807, 2.05) is 84.6 Å². The standard InChI is InChI=1S/C28H36N2O6/c1-17(25(31)19-9-5-3-6-10-19)29-23-21(15-35-29)13-33-27(23)28-24-22(14-34-28)16-36-30(24)18(2)26(32)20-11-7-4-8-12-20/h3-12,17-18,21-28,31-32H,13-16H2,1-2H3/t17-,18-,21-,22-,23+,24+,25-,26-,27+,28+/m1/s1. The summed E-state index contributed by atoms with van der Waals surface area (Å²) in [5.41, 5.74) is 1.73. The van der Waals surface area contributed by atoms with Gasteiger partial charge in [0.25, 0.3) is 0 Å². The number of hydroxylamine groups is 4. The number of fused-ring (bicyclic) bond motifs is 2. The summed E-state index contributed by atoms with van der Waals surface area (Å²) < 4.78 is 12.8. The van der Waals surface area contributed by atoms with Gasteiger partial charge in [0.2, 0.25) is 0 Å². The fraction of sp³-hybridized carbons (Fsp3) is 0.571. The zero-order valence-corrected chi connectivity index (χ0v) is 20.8. The molecule has 8 heteroatoms. The molecule has 8 nitrogen and oxygen atoms in total. The van der Waals surface area contributed by atoms with Gasteiger partial charge in [0, 0.05) is 11.8 Å². The van der Waals surface area contributed by atoms with Crippen molar-refractivity contribution in [2.45, 2.75) is 62.4 Å². The fourth-order valence-electron chi connectivity index (χ4n) is 6.43. The highest BCUT2D eigenvalue weighted by Crippen LogP contribution is 2.44. The third-order valence-electron chi connectivity index (χ3n) is 8.43. The van der Waals surface area contributed by atoms with Crippen LogP contribution in [0.5, 0.6) is 0 Å². The predicted molar refractivity (Wildman–Crippen MR) is 131 cm³/mol. The Morgan fingerprint density at radius 3 is 1.42 bits per heavy atom. The number of ether oxygens (including phenoxy) is 2. The van der Waals surface area contributed by atoms with Gasteiger partial charge in [-0.15, -0.1) is 0 Å². The molecule has 4 heterocycles. The molecule has 36 heavy (non-hydrogen) atoms. The van der Waals surface area contributed by atoms with Gasteiger partial charge >= 0.3 is 0 Å². The number of rotatable bonds is 7. The fourth-order valence-corrected chi connectivity index (χ4v) is 6.43. The second-order valence-corrected chi connectivity index (χ2v) is 10.6. The quantitative estimate of drug-likeness (QED) is 0.605. The molecule has 0 aliphatic carbocycles. The van der Waals surface area contributed by atoms with Crippen LogP contribution in [0.2, 0.25) is 0 Å². The van der Waals surface area contributed by atoms with Crippen LogP contribution in [0.15, 0.2) is 60.7 Å². The summed E-state index contributed by atoms with van der Waals surface area (Å²) in [7, 11) is 0. The molecule has 0 aromatic heterocycles. The minimum atomic E-state index is -0.684. The Balaban J connectivity index is 1.21. The van der Waals surface area contributed by atoms with Crippen LogP contribution in [0.25, 0.3) is 0 Å². The SMILES string of the molecule is C[C@H]([C@@H](O)c1ccccc1)N1OC[C@H]2CO[C@H]([C@H]3OC[C@@H]4CON([C@H](C)[C@@H](O)c5ccccc5)[C@@H]43)[C@H]21. The molecule has 4 saturated heterocycles. The highest BCUT2D eigenvalue weighted by molar-refractivity contribution is 5.20. The predicted octanol–water partition coefficient (Wildman–Crippen LogP) is 2.49. The van der Waals surface area contributed by atoms with Crippen LogP contribution in [0.4, 0.5) is 0 Å². The van der Waals surface area contributed by atoms with Crippen molar-refractivity contribution >= 4 is 0 Å². The number of nitrogens with zero attached hydrogens (tertiary/aromatic N) is 2. The third kappa shape index (κ3) is 4.19. The van der Waals surface area contributed by atoms with Gasteiger partial charge in [-0.25, -0.2) is 0 Å². The number of hydrogen-bond donors (Lipinski definition) is 2. The van der Waals surface area contributed by atoms with E-state index in [1.165, 1.54) is 0 Å². The first-order chi connectivity index (χ1) is 17.5. The van der Waals surface area contributed by atoms with E-state index in [1.54, 1.807) is 0 Å². The van der Waals surface area contributed by atoms with Crippen molar-refractivity contribution in [3.05, 3.63) is 71.8 Å². The molecule has 0 saturated carbocycles. The molecule has 194 valence electrons. The molecule has 2 aromatic rings. The van der Waals surface area contributed by atoms with E-state index in [2.05, 4.69) is 0 Å². The Hall–Kier alpha value is -1.88. The van der Waals surface area contributed by atoms with Crippen molar-refractivity contribution in [3.8, 4) is 0 Å². The van der Waals surface area contributed by atoms with Crippen LogP contribution < -0.4 is 0 Å². The average Bonchev–Trinajstić information content (AvgIpc) is 3.70. The zero-order valence-electron chi connectivity index (χ0n) is 20.8. The van der Waals surface area contributed by atoms with Gasteiger partial charge < -0.3 is 19.7 Å². The summed E-state index contributed by atoms with van der Waals surface area (Å²) in [5, 5.41) is 26.1. The molecule has 0 spiro atoms. The van der Waals surface area contributed by atoms with E-state index in [4.69, 9.17) is 19.1 Å². The highest BCUT2D eigenvalue weighted by Gasteiger charge is 2.59. The average molecular weight is 497 g/mol. The van der Waals surface area contributed by atoms with Crippen molar-refractivity contribution in [1.29, 1.82) is 0 Å². The number of benzene rings is 2. The summed E-state index contributed by atoms with van der Waals surface area (Å²) in [6.07, 6.45) is -1.81. The summed E-state index contributed by atoms with van der Waals surface area (Å²) >= 11 is 0. The first-order valence-electron chi connectivity index (χ1n) is 13.1. The molecule has 2 N–H and O–H groups in total. The number of hydrogen-bond acceptors (Lipinski definition) is 8. The Kier molecular flexibility index (Phi) is 6.87. The molecular formula is C28H36N2O6. The summed E-state index contributed by atoms with van der Waals surface area (Å²) in [6.45, 7) is 6.32. The van der Waals surface area contributed by atoms with E-state index >= 15 is 0 Å². The lowest BCUT2D eigenvalue weighted by atomic mass is 9.89. The van der Waals surface area contributed by atoms with Crippen LogP contribution >= 0.6 is 0 Å². The van der Waals surface area contributed by atoms with Crippen LogP contribution in [-0.2, 0) is 19.1 Å². The largest absolute Gasteiger partial charge is 0.387 e. The molecule has 2 aromatic carbocycles. The molecule has 10 atom stereocenters. The maximum absolute atomic E-state index is 11.1. The lowest BCUT2D eigenvalue weighted by Crippen LogP contribution is -2.55. The van der Waals surface area contributed by atoms with Crippen LogP contribution in [0.3, 0.4) is 0 Å². The van der Waals surface area contributed by atoms with Gasteiger partial charge in [-0.2, -0.15) is 10.1 Å². The van der Waals surface area contributed by atoms with Gasteiger partial charge in [0.15, 0.2) is 0 Å². The van der Waals surface area contributed by atoms with E-state index < -0.39 is 12.2 Å². The molecule has 4 fully saturated rings. The van der Waals surface area contributed by atoms with Crippen LogP contribution in [0, 0.1) is 11.8 Å². The number of aliphatic hydroxyl groups is 2. The van der Waals surface area contributed by atoms with Gasteiger partial charge in [-0.05, 0) is 25.0 Å². The zero-order chi connectivity index (χ0) is 24.8. The third-order valence-corrected chi connectivity index (χ3v) is 8.43. The van der Waals surface area contributed by atoms with Gasteiger partial charge in [-0.3, -0.25) is 9.68 Å². The van der Waals surface area contributed by atoms with Gasteiger partial charge in [0.05, 0.1) is 62.8 Å². The molecule has 0 amide bonds. The number of aliphatic hydroxyl groups excluding tert-OH is 2. The first kappa shape index (κ1) is 24.5. The molecule has 4 aliphatic rings. The molecule has 4 aliphatic heterocycles. The second kappa shape index (κ2) is 10.1. The second-order valence-electron chi connectivity index (χ2n) is 10.6. The lowest BCUT2D eigenvalue weighted by Gasteiger charge is -2.39. The van der Waals surface area contributed by atoms with Crippen molar-refractivity contribution < 1.29 is 29.4 Å². The first-order valence-corrected chi connectivity index (χ1v) is 13.1. The van der Waals surface area contributed by atoms with E-state index in [0.717, 1.165) is 11.1 Å². The Bertz CT molecular complexity index is 930. The lowest BCUT2D eigenvalue weighted by molar-refractivity contribution is -0.226. The van der Waals surface area contributed by atoms with E-state index in [0.29, 0.717) is 26.4 Å². The van der Waals surface area contributed by atoms with Gasteiger partial charge in [0.1, 0.15) is 12.2 Å². The van der Waals surface area contributed by atoms with Gasteiger partial charge in [-0.1, -0.05) is 60.7 Å². The maximum atomic E-state index is 11.1. The molecular weight excluding hydrogens is 460 g/mol. The van der Waals surface area contributed by atoms with E-state index in [-0.39, 0.29) is 48.2 Å². The summed E-state index contributed by atoms with van der Waals surface area (Å²) in [6, 6.07) is 18.8. The maximum Gasteiger partial charge on any atom is 0.104 e. The summed E-state index contributed by atoms with van der Waals surface area (Å²) in [4.78, 5) is 12.3. The monoisotopic (exact) mass is 496 g/mol. The van der Waals surface area contributed by atoms with Crippen molar-refractivity contribution in [3.63, 3.8) is 0 Å². The minimum absolute atomic E-state index is 0.0288. The normalized spacial score (nSPS) is 35.9. The van der Waals surface area contributed by atoms with E-state index in [9.17, 15) is 10.2 Å². The summed E-state index contributed by atoms with van der Waals surface area (Å²) in [5.74, 6) is 0.428.